The van der Waals surface area contributed by atoms with Crippen molar-refractivity contribution in [2.45, 2.75) is 24.6 Å². The Balaban J connectivity index is 2.21. The zero-order valence-electron chi connectivity index (χ0n) is 12.0. The Morgan fingerprint density at radius 1 is 1.43 bits per heavy atom. The highest BCUT2D eigenvalue weighted by molar-refractivity contribution is 7.88. The number of nitrogens with zero attached hydrogens (tertiary/aromatic N) is 1. The minimum atomic E-state index is -3.40. The molecular formula is C14H20N2O3S2. The number of sulfonamides is 1. The van der Waals surface area contributed by atoms with E-state index in [1.807, 2.05) is 0 Å². The van der Waals surface area contributed by atoms with E-state index in [2.05, 4.69) is 0 Å². The SMILES string of the molecule is COCCN(C1CC1)S(=O)(=O)Cc1ccccc1C(N)=S. The van der Waals surface area contributed by atoms with E-state index in [9.17, 15) is 8.42 Å². The quantitative estimate of drug-likeness (QED) is 0.727. The molecule has 21 heavy (non-hydrogen) atoms. The highest BCUT2D eigenvalue weighted by atomic mass is 32.2. The maximum atomic E-state index is 12.6. The van der Waals surface area contributed by atoms with Gasteiger partial charge < -0.3 is 10.5 Å². The lowest BCUT2D eigenvalue weighted by molar-refractivity contribution is 0.177. The monoisotopic (exact) mass is 328 g/mol. The van der Waals surface area contributed by atoms with E-state index in [1.54, 1.807) is 35.7 Å². The van der Waals surface area contributed by atoms with Crippen molar-refractivity contribution in [2.75, 3.05) is 20.3 Å². The molecular weight excluding hydrogens is 308 g/mol. The van der Waals surface area contributed by atoms with Crippen LogP contribution in [-0.2, 0) is 20.5 Å². The molecule has 7 heteroatoms. The van der Waals surface area contributed by atoms with Crippen molar-refractivity contribution < 1.29 is 13.2 Å². The molecule has 0 aliphatic heterocycles. The number of nitrogens with two attached hydrogens (primary N) is 1. The molecule has 1 aromatic rings. The van der Waals surface area contributed by atoms with Crippen LogP contribution >= 0.6 is 12.2 Å². The zero-order valence-corrected chi connectivity index (χ0v) is 13.6. The van der Waals surface area contributed by atoms with E-state index < -0.39 is 10.0 Å². The molecule has 116 valence electrons. The standard InChI is InChI=1S/C14H20N2O3S2/c1-19-9-8-16(12-6-7-12)21(17,18)10-11-4-2-3-5-13(11)14(15)20/h2-5,12H,6-10H2,1H3,(H2,15,20). The Kier molecular flexibility index (Phi) is 5.32. The lowest BCUT2D eigenvalue weighted by Crippen LogP contribution is -2.37. The molecule has 2 N–H and O–H groups in total. The summed E-state index contributed by atoms with van der Waals surface area (Å²) in [6.07, 6.45) is 1.83. The summed E-state index contributed by atoms with van der Waals surface area (Å²) < 4.78 is 31.9. The summed E-state index contributed by atoms with van der Waals surface area (Å²) in [5.74, 6) is -0.0826. The van der Waals surface area contributed by atoms with Gasteiger partial charge >= 0.3 is 0 Å². The van der Waals surface area contributed by atoms with Crippen LogP contribution in [0.25, 0.3) is 0 Å². The van der Waals surface area contributed by atoms with Gasteiger partial charge in [-0.2, -0.15) is 4.31 Å². The van der Waals surface area contributed by atoms with E-state index in [-0.39, 0.29) is 16.8 Å². The molecule has 2 rings (SSSR count). The Morgan fingerprint density at radius 2 is 2.10 bits per heavy atom. The Hall–Kier alpha value is -1.02. The molecule has 0 aromatic heterocycles. The van der Waals surface area contributed by atoms with Gasteiger partial charge in [0, 0.05) is 25.3 Å². The molecule has 0 amide bonds. The number of ether oxygens (including phenoxy) is 1. The first-order valence-corrected chi connectivity index (χ1v) is 8.83. The van der Waals surface area contributed by atoms with Gasteiger partial charge in [-0.1, -0.05) is 36.5 Å². The van der Waals surface area contributed by atoms with Gasteiger partial charge in [-0.25, -0.2) is 8.42 Å². The lowest BCUT2D eigenvalue weighted by atomic mass is 10.1. The summed E-state index contributed by atoms with van der Waals surface area (Å²) in [5, 5.41) is 0. The normalized spacial score (nSPS) is 15.3. The zero-order chi connectivity index (χ0) is 15.5. The Morgan fingerprint density at radius 3 is 2.67 bits per heavy atom. The van der Waals surface area contributed by atoms with E-state index in [0.29, 0.717) is 24.3 Å². The van der Waals surface area contributed by atoms with Gasteiger partial charge in [-0.3, -0.25) is 0 Å². The van der Waals surface area contributed by atoms with Crippen molar-refractivity contribution in [3.8, 4) is 0 Å². The van der Waals surface area contributed by atoms with Gasteiger partial charge in [0.2, 0.25) is 10.0 Å². The van der Waals surface area contributed by atoms with Crippen molar-refractivity contribution in [1.82, 2.24) is 4.31 Å². The van der Waals surface area contributed by atoms with Crippen LogP contribution in [0.5, 0.6) is 0 Å². The van der Waals surface area contributed by atoms with Crippen molar-refractivity contribution >= 4 is 27.2 Å². The maximum Gasteiger partial charge on any atom is 0.218 e. The smallest absolute Gasteiger partial charge is 0.218 e. The first-order chi connectivity index (χ1) is 9.95. The van der Waals surface area contributed by atoms with Crippen LogP contribution in [0.3, 0.4) is 0 Å². The molecule has 0 unspecified atom stereocenters. The molecule has 0 heterocycles. The van der Waals surface area contributed by atoms with Crippen molar-refractivity contribution in [3.63, 3.8) is 0 Å². The lowest BCUT2D eigenvalue weighted by Gasteiger charge is -2.22. The molecule has 1 fully saturated rings. The number of thiocarbonyl (C=S) groups is 1. The van der Waals surface area contributed by atoms with Crippen molar-refractivity contribution in [2.24, 2.45) is 5.73 Å². The van der Waals surface area contributed by atoms with Gasteiger partial charge in [0.25, 0.3) is 0 Å². The third-order valence-electron chi connectivity index (χ3n) is 3.45. The van der Waals surface area contributed by atoms with Crippen LogP contribution in [0.15, 0.2) is 24.3 Å². The van der Waals surface area contributed by atoms with Crippen LogP contribution < -0.4 is 5.73 Å². The largest absolute Gasteiger partial charge is 0.389 e. The van der Waals surface area contributed by atoms with Gasteiger partial charge in [0.15, 0.2) is 0 Å². The van der Waals surface area contributed by atoms with Crippen LogP contribution in [0.1, 0.15) is 24.0 Å². The number of hydrogen-bond donors (Lipinski definition) is 1. The Labute approximate surface area is 131 Å². The molecule has 1 aliphatic rings. The van der Waals surface area contributed by atoms with E-state index in [1.165, 1.54) is 0 Å². The molecule has 1 saturated carbocycles. The van der Waals surface area contributed by atoms with Crippen LogP contribution in [0, 0.1) is 0 Å². The van der Waals surface area contributed by atoms with E-state index in [0.717, 1.165) is 12.8 Å². The van der Waals surface area contributed by atoms with Gasteiger partial charge in [0.05, 0.1) is 12.4 Å². The minimum absolute atomic E-state index is 0.0826. The molecule has 0 saturated heterocycles. The first kappa shape index (κ1) is 16.4. The number of rotatable bonds is 8. The summed E-state index contributed by atoms with van der Waals surface area (Å²) in [6.45, 7) is 0.783. The molecule has 1 aliphatic carbocycles. The van der Waals surface area contributed by atoms with Crippen LogP contribution in [-0.4, -0.2) is 44.0 Å². The fraction of sp³-hybridized carbons (Fsp3) is 0.500. The second-order valence-corrected chi connectivity index (χ2v) is 7.47. The fourth-order valence-corrected chi connectivity index (χ4v) is 4.29. The van der Waals surface area contributed by atoms with Gasteiger partial charge in [-0.05, 0) is 18.4 Å². The average Bonchev–Trinajstić information content (AvgIpc) is 3.23. The van der Waals surface area contributed by atoms with Crippen molar-refractivity contribution in [1.29, 1.82) is 0 Å². The molecule has 0 radical (unpaired) electrons. The third-order valence-corrected chi connectivity index (χ3v) is 5.54. The summed E-state index contributed by atoms with van der Waals surface area (Å²) in [7, 11) is -1.83. The van der Waals surface area contributed by atoms with Crippen molar-refractivity contribution in [3.05, 3.63) is 35.4 Å². The van der Waals surface area contributed by atoms with Gasteiger partial charge in [0.1, 0.15) is 4.99 Å². The molecule has 5 nitrogen and oxygen atoms in total. The fourth-order valence-electron chi connectivity index (χ4n) is 2.26. The molecule has 1 aromatic carbocycles. The molecule has 0 atom stereocenters. The summed E-state index contributed by atoms with van der Waals surface area (Å²) in [6, 6.07) is 7.22. The summed E-state index contributed by atoms with van der Waals surface area (Å²) in [5.41, 5.74) is 6.93. The third kappa shape index (κ3) is 4.23. The predicted molar refractivity (Wildman–Crippen MR) is 86.6 cm³/mol. The maximum absolute atomic E-state index is 12.6. The summed E-state index contributed by atoms with van der Waals surface area (Å²) >= 11 is 4.99. The van der Waals surface area contributed by atoms with Gasteiger partial charge in [-0.15, -0.1) is 0 Å². The Bertz CT molecular complexity index is 612. The predicted octanol–water partition coefficient (Wildman–Crippen LogP) is 1.26. The number of hydrogen-bond acceptors (Lipinski definition) is 4. The molecule has 0 spiro atoms. The number of benzene rings is 1. The van der Waals surface area contributed by atoms with E-state index >= 15 is 0 Å². The van der Waals surface area contributed by atoms with Crippen LogP contribution in [0.2, 0.25) is 0 Å². The second kappa shape index (κ2) is 6.83. The highest BCUT2D eigenvalue weighted by Gasteiger charge is 2.37. The first-order valence-electron chi connectivity index (χ1n) is 6.82. The topological polar surface area (TPSA) is 72.6 Å². The van der Waals surface area contributed by atoms with E-state index in [4.69, 9.17) is 22.7 Å². The van der Waals surface area contributed by atoms with Crippen LogP contribution in [0.4, 0.5) is 0 Å². The number of methoxy groups -OCH3 is 1. The highest BCUT2D eigenvalue weighted by Crippen LogP contribution is 2.30. The average molecular weight is 328 g/mol. The minimum Gasteiger partial charge on any atom is -0.389 e. The summed E-state index contributed by atoms with van der Waals surface area (Å²) in [4.78, 5) is 0.218. The molecule has 0 bridgehead atoms. The second-order valence-electron chi connectivity index (χ2n) is 5.11.